The number of allylic oxidation sites excluding steroid dienone is 1. The maximum absolute atomic E-state index is 11.9. The van der Waals surface area contributed by atoms with Crippen LogP contribution in [0, 0.1) is 5.92 Å². The molecule has 1 rings (SSSR count). The average Bonchev–Trinajstić information content (AvgIpc) is 2.83. The summed E-state index contributed by atoms with van der Waals surface area (Å²) in [4.78, 5) is 22.3. The van der Waals surface area contributed by atoms with Gasteiger partial charge in [0.1, 0.15) is 0 Å². The first kappa shape index (κ1) is 18.9. The Balaban J connectivity index is 2.14. The van der Waals surface area contributed by atoms with Crippen molar-refractivity contribution in [2.45, 2.75) is 77.2 Å². The molecule has 22 heavy (non-hydrogen) atoms. The zero-order valence-corrected chi connectivity index (χ0v) is 13.8. The average molecular weight is 310 g/mol. The Morgan fingerprint density at radius 3 is 2.59 bits per heavy atom. The number of ether oxygens (including phenoxy) is 1. The monoisotopic (exact) mass is 310 g/mol. The van der Waals surface area contributed by atoms with Crippen molar-refractivity contribution in [3.63, 3.8) is 0 Å². The number of carboxylic acid groups (broad SMARTS) is 1. The fraction of sp³-hybridized carbons (Fsp3) is 0.778. The molecule has 4 nitrogen and oxygen atoms in total. The molecular formula is C18H30O4. The van der Waals surface area contributed by atoms with E-state index in [1.165, 1.54) is 25.7 Å². The molecule has 0 amide bonds. The van der Waals surface area contributed by atoms with Crippen LogP contribution in [-0.2, 0) is 14.3 Å². The first-order valence-corrected chi connectivity index (χ1v) is 8.70. The lowest BCUT2D eigenvalue weighted by atomic mass is 9.95. The molecule has 0 aliphatic heterocycles. The molecule has 2 atom stereocenters. The molecular weight excluding hydrogens is 280 g/mol. The largest absolute Gasteiger partial charge is 0.481 e. The summed E-state index contributed by atoms with van der Waals surface area (Å²) in [5.74, 6) is -0.541. The van der Waals surface area contributed by atoms with Gasteiger partial charge < -0.3 is 9.84 Å². The number of ketones is 1. The van der Waals surface area contributed by atoms with Crippen LogP contribution < -0.4 is 0 Å². The van der Waals surface area contributed by atoms with Gasteiger partial charge in [0.2, 0.25) is 0 Å². The van der Waals surface area contributed by atoms with E-state index in [2.05, 4.69) is 6.92 Å². The van der Waals surface area contributed by atoms with Gasteiger partial charge in [-0.2, -0.15) is 0 Å². The summed E-state index contributed by atoms with van der Waals surface area (Å²) in [5, 5.41) is 8.57. The minimum absolute atomic E-state index is 0.000598. The van der Waals surface area contributed by atoms with Gasteiger partial charge in [-0.05, 0) is 25.3 Å². The van der Waals surface area contributed by atoms with E-state index in [0.717, 1.165) is 25.7 Å². The predicted octanol–water partition coefficient (Wildman–Crippen LogP) is 4.13. The SMILES string of the molecule is CCCCCCC[C@H]1C(=O)C=C[C@@H]1OCCCCCC(=O)O. The zero-order chi connectivity index (χ0) is 16.2. The molecule has 0 fully saturated rings. The lowest BCUT2D eigenvalue weighted by Crippen LogP contribution is -2.23. The van der Waals surface area contributed by atoms with Crippen molar-refractivity contribution in [3.8, 4) is 0 Å². The van der Waals surface area contributed by atoms with Crippen LogP contribution in [0.25, 0.3) is 0 Å². The third-order valence-corrected chi connectivity index (χ3v) is 4.18. The maximum atomic E-state index is 11.9. The van der Waals surface area contributed by atoms with Crippen LogP contribution in [0.4, 0.5) is 0 Å². The molecule has 0 bridgehead atoms. The summed E-state index contributed by atoms with van der Waals surface area (Å²) < 4.78 is 5.82. The topological polar surface area (TPSA) is 63.6 Å². The van der Waals surface area contributed by atoms with Crippen LogP contribution >= 0.6 is 0 Å². The molecule has 0 spiro atoms. The van der Waals surface area contributed by atoms with Crippen molar-refractivity contribution < 1.29 is 19.4 Å². The van der Waals surface area contributed by atoms with E-state index >= 15 is 0 Å². The van der Waals surface area contributed by atoms with E-state index in [4.69, 9.17) is 9.84 Å². The second-order valence-electron chi connectivity index (χ2n) is 6.11. The summed E-state index contributed by atoms with van der Waals surface area (Å²) in [7, 11) is 0. The highest BCUT2D eigenvalue weighted by atomic mass is 16.5. The standard InChI is InChI=1S/C18H30O4/c1-2-3-4-5-7-10-15-16(19)12-13-17(15)22-14-9-6-8-11-18(20)21/h12-13,15,17H,2-11,14H2,1H3,(H,20,21)/t15-,17-/m0/s1. The smallest absolute Gasteiger partial charge is 0.303 e. The molecule has 126 valence electrons. The Bertz CT molecular complexity index is 362. The highest BCUT2D eigenvalue weighted by Gasteiger charge is 2.29. The lowest BCUT2D eigenvalue weighted by Gasteiger charge is -2.18. The number of aliphatic carboxylic acids is 1. The molecule has 0 unspecified atom stereocenters. The summed E-state index contributed by atoms with van der Waals surface area (Å²) in [6, 6.07) is 0. The Hall–Kier alpha value is -1.16. The summed E-state index contributed by atoms with van der Waals surface area (Å²) in [6.07, 6.45) is 13.1. The van der Waals surface area contributed by atoms with Crippen LogP contribution in [0.15, 0.2) is 12.2 Å². The molecule has 0 aromatic rings. The summed E-state index contributed by atoms with van der Waals surface area (Å²) in [5.41, 5.74) is 0. The Kier molecular flexibility index (Phi) is 9.80. The number of carboxylic acids is 1. The number of carbonyl (C=O) groups is 2. The van der Waals surface area contributed by atoms with Gasteiger partial charge in [-0.15, -0.1) is 0 Å². The van der Waals surface area contributed by atoms with Crippen LogP contribution in [0.1, 0.15) is 71.1 Å². The van der Waals surface area contributed by atoms with Crippen LogP contribution in [0.5, 0.6) is 0 Å². The lowest BCUT2D eigenvalue weighted by molar-refractivity contribution is -0.137. The van der Waals surface area contributed by atoms with Gasteiger partial charge in [-0.25, -0.2) is 0 Å². The maximum Gasteiger partial charge on any atom is 0.303 e. The van der Waals surface area contributed by atoms with Crippen molar-refractivity contribution in [1.29, 1.82) is 0 Å². The normalized spacial score (nSPS) is 20.7. The van der Waals surface area contributed by atoms with E-state index in [1.54, 1.807) is 6.08 Å². The van der Waals surface area contributed by atoms with Gasteiger partial charge >= 0.3 is 5.97 Å². The van der Waals surface area contributed by atoms with Crippen molar-refractivity contribution >= 4 is 11.8 Å². The molecule has 1 aliphatic carbocycles. The molecule has 0 heterocycles. The van der Waals surface area contributed by atoms with Crippen molar-refractivity contribution in [2.24, 2.45) is 5.92 Å². The van der Waals surface area contributed by atoms with Gasteiger partial charge in [-0.1, -0.05) is 51.5 Å². The number of unbranched alkanes of at least 4 members (excludes halogenated alkanes) is 6. The van der Waals surface area contributed by atoms with Crippen molar-refractivity contribution in [1.82, 2.24) is 0 Å². The van der Waals surface area contributed by atoms with Crippen molar-refractivity contribution in [3.05, 3.63) is 12.2 Å². The highest BCUT2D eigenvalue weighted by molar-refractivity contribution is 5.95. The Morgan fingerprint density at radius 1 is 1.14 bits per heavy atom. The van der Waals surface area contributed by atoms with E-state index in [0.29, 0.717) is 13.0 Å². The second-order valence-corrected chi connectivity index (χ2v) is 6.11. The highest BCUT2D eigenvalue weighted by Crippen LogP contribution is 2.25. The van der Waals surface area contributed by atoms with E-state index < -0.39 is 5.97 Å². The van der Waals surface area contributed by atoms with Gasteiger partial charge in [-0.3, -0.25) is 9.59 Å². The molecule has 4 heteroatoms. The first-order valence-electron chi connectivity index (χ1n) is 8.70. The predicted molar refractivity (Wildman–Crippen MR) is 86.9 cm³/mol. The summed E-state index contributed by atoms with van der Waals surface area (Å²) in [6.45, 7) is 2.80. The van der Waals surface area contributed by atoms with E-state index in [1.807, 2.05) is 6.08 Å². The number of hydrogen-bond donors (Lipinski definition) is 1. The van der Waals surface area contributed by atoms with Gasteiger partial charge in [0.05, 0.1) is 12.0 Å². The molecule has 0 aromatic carbocycles. The molecule has 0 saturated carbocycles. The van der Waals surface area contributed by atoms with E-state index in [-0.39, 0.29) is 24.2 Å². The minimum atomic E-state index is -0.742. The Morgan fingerprint density at radius 2 is 1.86 bits per heavy atom. The van der Waals surface area contributed by atoms with Gasteiger partial charge in [0.15, 0.2) is 5.78 Å². The molecule has 0 saturated heterocycles. The van der Waals surface area contributed by atoms with Crippen LogP contribution in [-0.4, -0.2) is 29.6 Å². The minimum Gasteiger partial charge on any atom is -0.481 e. The van der Waals surface area contributed by atoms with Crippen molar-refractivity contribution in [2.75, 3.05) is 6.61 Å². The molecule has 0 radical (unpaired) electrons. The van der Waals surface area contributed by atoms with E-state index in [9.17, 15) is 9.59 Å². The molecule has 1 N–H and O–H groups in total. The molecule has 0 aromatic heterocycles. The third kappa shape index (κ3) is 7.74. The fourth-order valence-electron chi connectivity index (χ4n) is 2.83. The number of carbonyl (C=O) groups excluding carboxylic acids is 1. The molecule has 1 aliphatic rings. The quantitative estimate of drug-likeness (QED) is 0.519. The van der Waals surface area contributed by atoms with Gasteiger partial charge in [0.25, 0.3) is 0 Å². The first-order chi connectivity index (χ1) is 10.6. The second kappa shape index (κ2) is 11.4. The fourth-order valence-corrected chi connectivity index (χ4v) is 2.83. The Labute approximate surface area is 133 Å². The third-order valence-electron chi connectivity index (χ3n) is 4.18. The summed E-state index contributed by atoms with van der Waals surface area (Å²) >= 11 is 0. The number of rotatable bonds is 13. The van der Waals surface area contributed by atoms with Gasteiger partial charge in [0, 0.05) is 13.0 Å². The number of hydrogen-bond acceptors (Lipinski definition) is 3. The van der Waals surface area contributed by atoms with Crippen LogP contribution in [0.2, 0.25) is 0 Å². The van der Waals surface area contributed by atoms with Crippen LogP contribution in [0.3, 0.4) is 0 Å². The zero-order valence-electron chi connectivity index (χ0n) is 13.8.